The second-order valence-electron chi connectivity index (χ2n) is 9.63. The lowest BCUT2D eigenvalue weighted by Gasteiger charge is -2.20. The predicted octanol–water partition coefficient (Wildman–Crippen LogP) is 5.72. The van der Waals surface area contributed by atoms with Crippen LogP contribution in [0.25, 0.3) is 0 Å². The monoisotopic (exact) mass is 583 g/mol. The SMILES string of the molecule is CCCOC(=O)OC(C)CN[C@@H](Cc1ccc(OC(=O)OC(C)CCC)c(OC(=O)OC(C)CCC)c1)C(=O)OC. The van der Waals surface area contributed by atoms with Crippen molar-refractivity contribution in [3.63, 3.8) is 0 Å². The van der Waals surface area contributed by atoms with Gasteiger partial charge in [-0.1, -0.05) is 39.7 Å². The summed E-state index contributed by atoms with van der Waals surface area (Å²) >= 11 is 0. The van der Waals surface area contributed by atoms with E-state index in [1.54, 1.807) is 26.8 Å². The van der Waals surface area contributed by atoms with Gasteiger partial charge in [-0.15, -0.1) is 0 Å². The van der Waals surface area contributed by atoms with Crippen molar-refractivity contribution >= 4 is 24.4 Å². The van der Waals surface area contributed by atoms with E-state index >= 15 is 0 Å². The number of rotatable bonds is 17. The summed E-state index contributed by atoms with van der Waals surface area (Å²) in [5, 5.41) is 3.02. The van der Waals surface area contributed by atoms with E-state index in [1.165, 1.54) is 19.2 Å². The zero-order chi connectivity index (χ0) is 30.8. The Morgan fingerprint density at radius 2 is 1.32 bits per heavy atom. The summed E-state index contributed by atoms with van der Waals surface area (Å²) in [6.45, 7) is 11.3. The van der Waals surface area contributed by atoms with Crippen LogP contribution >= 0.6 is 0 Å². The molecule has 0 aromatic heterocycles. The maximum atomic E-state index is 12.5. The molecule has 0 saturated carbocycles. The zero-order valence-electron chi connectivity index (χ0n) is 25.2. The maximum absolute atomic E-state index is 12.5. The molecule has 3 unspecified atom stereocenters. The lowest BCUT2D eigenvalue weighted by Crippen LogP contribution is -2.43. The van der Waals surface area contributed by atoms with Crippen molar-refractivity contribution in [2.45, 2.75) is 104 Å². The van der Waals surface area contributed by atoms with E-state index in [0.717, 1.165) is 12.8 Å². The molecule has 0 spiro atoms. The molecule has 0 radical (unpaired) electrons. The average Bonchev–Trinajstić information content (AvgIpc) is 2.90. The van der Waals surface area contributed by atoms with Gasteiger partial charge in [-0.25, -0.2) is 14.4 Å². The molecular formula is C29H45NO11. The second kappa shape index (κ2) is 19.5. The normalized spacial score (nSPS) is 13.6. The summed E-state index contributed by atoms with van der Waals surface area (Å²) in [6, 6.07) is 3.66. The molecule has 1 aromatic carbocycles. The summed E-state index contributed by atoms with van der Waals surface area (Å²) in [4.78, 5) is 49.0. The summed E-state index contributed by atoms with van der Waals surface area (Å²) in [5.41, 5.74) is 0.549. The molecule has 1 aromatic rings. The average molecular weight is 584 g/mol. The van der Waals surface area contributed by atoms with E-state index in [-0.39, 0.29) is 43.3 Å². The Balaban J connectivity index is 3.08. The molecule has 4 atom stereocenters. The quantitative estimate of drug-likeness (QED) is 0.136. The van der Waals surface area contributed by atoms with Crippen LogP contribution in [0, 0.1) is 0 Å². The Morgan fingerprint density at radius 3 is 1.85 bits per heavy atom. The highest BCUT2D eigenvalue weighted by Gasteiger charge is 2.24. The van der Waals surface area contributed by atoms with Gasteiger partial charge >= 0.3 is 24.4 Å². The van der Waals surface area contributed by atoms with Gasteiger partial charge in [0.2, 0.25) is 0 Å². The van der Waals surface area contributed by atoms with E-state index in [2.05, 4.69) is 5.32 Å². The Hall–Kier alpha value is -3.54. The van der Waals surface area contributed by atoms with Crippen LogP contribution in [0.3, 0.4) is 0 Å². The fraction of sp³-hybridized carbons (Fsp3) is 0.655. The third-order valence-corrected chi connectivity index (χ3v) is 5.68. The number of methoxy groups -OCH3 is 1. The van der Waals surface area contributed by atoms with Gasteiger partial charge in [0.05, 0.1) is 13.7 Å². The second-order valence-corrected chi connectivity index (χ2v) is 9.63. The third-order valence-electron chi connectivity index (χ3n) is 5.68. The van der Waals surface area contributed by atoms with E-state index < -0.39 is 36.6 Å². The van der Waals surface area contributed by atoms with Crippen LogP contribution in [0.5, 0.6) is 11.5 Å². The third kappa shape index (κ3) is 14.6. The van der Waals surface area contributed by atoms with Crippen molar-refractivity contribution in [1.82, 2.24) is 5.32 Å². The minimum atomic E-state index is -0.968. The molecule has 41 heavy (non-hydrogen) atoms. The Kier molecular flexibility index (Phi) is 16.9. The molecule has 0 bridgehead atoms. The fourth-order valence-electron chi connectivity index (χ4n) is 3.68. The van der Waals surface area contributed by atoms with Crippen LogP contribution in [0.1, 0.15) is 79.2 Å². The number of hydrogen-bond acceptors (Lipinski definition) is 12. The standard InChI is InChI=1S/C29H45NO11/c1-8-11-19(4)37-28(33)40-24-14-13-22(17-25(24)41-29(34)38-20(5)12-9-2)16-23(26(31)35-7)30-18-21(6)39-27(32)36-15-10-3/h13-14,17,19-21,23,30H,8-12,15-16,18H2,1-7H3/t19?,20?,21?,23-/m0/s1. The molecule has 232 valence electrons. The number of ether oxygens (including phenoxy) is 7. The number of hydrogen-bond donors (Lipinski definition) is 1. The van der Waals surface area contributed by atoms with Gasteiger partial charge in [-0.3, -0.25) is 4.79 Å². The molecule has 0 aliphatic rings. The van der Waals surface area contributed by atoms with Gasteiger partial charge in [0.25, 0.3) is 0 Å². The van der Waals surface area contributed by atoms with Crippen LogP contribution in [-0.2, 0) is 34.9 Å². The number of nitrogens with one attached hydrogen (secondary N) is 1. The van der Waals surface area contributed by atoms with E-state index in [9.17, 15) is 19.2 Å². The molecule has 12 nitrogen and oxygen atoms in total. The topological polar surface area (TPSA) is 145 Å². The summed E-state index contributed by atoms with van der Waals surface area (Å²) in [7, 11) is 1.25. The van der Waals surface area contributed by atoms with Gasteiger partial charge in [-0.2, -0.15) is 0 Å². The number of carbonyl (C=O) groups is 4. The molecular weight excluding hydrogens is 538 g/mol. The van der Waals surface area contributed by atoms with Gasteiger partial charge in [0, 0.05) is 6.54 Å². The first kappa shape index (κ1) is 35.5. The van der Waals surface area contributed by atoms with Crippen LogP contribution < -0.4 is 14.8 Å². The van der Waals surface area contributed by atoms with Crippen LogP contribution in [0.2, 0.25) is 0 Å². The molecule has 0 fully saturated rings. The Morgan fingerprint density at radius 1 is 0.756 bits per heavy atom. The highest BCUT2D eigenvalue weighted by Crippen LogP contribution is 2.30. The van der Waals surface area contributed by atoms with Gasteiger partial charge in [0.15, 0.2) is 11.5 Å². The highest BCUT2D eigenvalue weighted by molar-refractivity contribution is 5.76. The van der Waals surface area contributed by atoms with Crippen LogP contribution in [0.4, 0.5) is 14.4 Å². The van der Waals surface area contributed by atoms with E-state index in [4.69, 9.17) is 33.2 Å². The molecule has 0 saturated heterocycles. The van der Waals surface area contributed by atoms with Crippen molar-refractivity contribution in [1.29, 1.82) is 0 Å². The number of carbonyl (C=O) groups excluding carboxylic acids is 4. The minimum Gasteiger partial charge on any atom is -0.468 e. The summed E-state index contributed by atoms with van der Waals surface area (Å²) in [6.07, 6.45) is -0.339. The van der Waals surface area contributed by atoms with E-state index in [1.807, 2.05) is 20.8 Å². The van der Waals surface area contributed by atoms with Crippen molar-refractivity contribution in [2.75, 3.05) is 20.3 Å². The first-order chi connectivity index (χ1) is 19.5. The number of benzene rings is 1. The molecule has 0 aliphatic heterocycles. The smallest absolute Gasteiger partial charge is 0.468 e. The first-order valence-electron chi connectivity index (χ1n) is 14.1. The highest BCUT2D eigenvalue weighted by atomic mass is 16.8. The molecule has 0 amide bonds. The van der Waals surface area contributed by atoms with Gasteiger partial charge < -0.3 is 38.5 Å². The minimum absolute atomic E-state index is 0.0577. The zero-order valence-corrected chi connectivity index (χ0v) is 25.2. The van der Waals surface area contributed by atoms with Crippen molar-refractivity contribution in [3.05, 3.63) is 23.8 Å². The lowest BCUT2D eigenvalue weighted by atomic mass is 10.0. The van der Waals surface area contributed by atoms with Gasteiger partial charge in [-0.05, 0) is 64.2 Å². The molecule has 0 heterocycles. The molecule has 0 aliphatic carbocycles. The van der Waals surface area contributed by atoms with Crippen molar-refractivity contribution < 1.29 is 52.3 Å². The predicted molar refractivity (Wildman–Crippen MR) is 149 cm³/mol. The van der Waals surface area contributed by atoms with Crippen LogP contribution in [-0.4, -0.2) is 69.1 Å². The van der Waals surface area contributed by atoms with Gasteiger partial charge in [0.1, 0.15) is 24.4 Å². The maximum Gasteiger partial charge on any atom is 0.514 e. The van der Waals surface area contributed by atoms with Crippen molar-refractivity contribution in [2.24, 2.45) is 0 Å². The Labute approximate surface area is 242 Å². The Bertz CT molecular complexity index is 968. The van der Waals surface area contributed by atoms with E-state index in [0.29, 0.717) is 24.8 Å². The van der Waals surface area contributed by atoms with Crippen molar-refractivity contribution in [3.8, 4) is 11.5 Å². The first-order valence-corrected chi connectivity index (χ1v) is 14.1. The molecule has 1 N–H and O–H groups in total. The summed E-state index contributed by atoms with van der Waals surface area (Å²) < 4.78 is 36.2. The lowest BCUT2D eigenvalue weighted by molar-refractivity contribution is -0.143. The fourth-order valence-corrected chi connectivity index (χ4v) is 3.68. The summed E-state index contributed by atoms with van der Waals surface area (Å²) in [5.74, 6) is -0.706. The van der Waals surface area contributed by atoms with Crippen LogP contribution in [0.15, 0.2) is 18.2 Å². The number of esters is 1. The largest absolute Gasteiger partial charge is 0.514 e. The molecule has 12 heteroatoms. The molecule has 1 rings (SSSR count).